The van der Waals surface area contributed by atoms with Crippen molar-refractivity contribution in [3.63, 3.8) is 0 Å². The summed E-state index contributed by atoms with van der Waals surface area (Å²) in [6.45, 7) is 6.30. The van der Waals surface area contributed by atoms with Crippen LogP contribution < -0.4 is 10.9 Å². The molecule has 3 aromatic heterocycles. The van der Waals surface area contributed by atoms with Gasteiger partial charge >= 0.3 is 5.97 Å². The highest BCUT2D eigenvalue weighted by Crippen LogP contribution is 2.33. The highest BCUT2D eigenvalue weighted by Gasteiger charge is 2.27. The number of aromatic nitrogens is 6. The molecule has 4 aromatic carbocycles. The number of para-hydroxylation sites is 2. The van der Waals surface area contributed by atoms with Crippen LogP contribution in [0.15, 0.2) is 111 Å². The van der Waals surface area contributed by atoms with E-state index in [0.29, 0.717) is 33.7 Å². The number of aryl methyl sites for hydroxylation is 1. The van der Waals surface area contributed by atoms with Gasteiger partial charge in [0.05, 0.1) is 17.1 Å². The normalized spacial score (nSPS) is 12.0. The number of anilines is 1. The molecular formula is C38H34BrN7O4S. The number of hydrogen-bond acceptors (Lipinski definition) is 7. The van der Waals surface area contributed by atoms with Crippen molar-refractivity contribution < 1.29 is 14.3 Å². The molecule has 1 atom stereocenters. The van der Waals surface area contributed by atoms with Crippen LogP contribution >= 0.6 is 27.7 Å². The molecule has 0 saturated carbocycles. The van der Waals surface area contributed by atoms with Crippen LogP contribution in [0.1, 0.15) is 19.5 Å². The molecule has 7 aromatic rings. The van der Waals surface area contributed by atoms with Gasteiger partial charge in [-0.1, -0.05) is 82.3 Å². The molecule has 11 nitrogen and oxygen atoms in total. The number of benzene rings is 4. The molecule has 0 aliphatic carbocycles. The van der Waals surface area contributed by atoms with Crippen molar-refractivity contribution in [3.8, 4) is 22.8 Å². The van der Waals surface area contributed by atoms with Gasteiger partial charge < -0.3 is 14.6 Å². The molecule has 7 rings (SSSR count). The van der Waals surface area contributed by atoms with Crippen LogP contribution in [-0.2, 0) is 27.9 Å². The van der Waals surface area contributed by atoms with Crippen LogP contribution in [0.2, 0.25) is 0 Å². The Kier molecular flexibility index (Phi) is 9.40. The summed E-state index contributed by atoms with van der Waals surface area (Å²) in [7, 11) is 1.81. The van der Waals surface area contributed by atoms with Crippen LogP contribution in [0.4, 0.5) is 5.69 Å². The average molecular weight is 765 g/mol. The van der Waals surface area contributed by atoms with E-state index in [4.69, 9.17) is 4.74 Å². The Balaban J connectivity index is 1.12. The molecule has 0 aliphatic rings. The van der Waals surface area contributed by atoms with Gasteiger partial charge in [0.1, 0.15) is 5.69 Å². The lowest BCUT2D eigenvalue weighted by Gasteiger charge is -2.14. The number of ether oxygens (including phenoxy) is 1. The van der Waals surface area contributed by atoms with Crippen LogP contribution in [-0.4, -0.2) is 52.4 Å². The monoisotopic (exact) mass is 763 g/mol. The fraction of sp³-hybridized carbons (Fsp3) is 0.184. The van der Waals surface area contributed by atoms with E-state index in [0.717, 1.165) is 50.1 Å². The van der Waals surface area contributed by atoms with E-state index < -0.39 is 18.0 Å². The first-order chi connectivity index (χ1) is 24.7. The molecule has 3 heterocycles. The lowest BCUT2D eigenvalue weighted by molar-refractivity contribution is -0.150. The third-order valence-corrected chi connectivity index (χ3v) is 10.4. The topological polar surface area (TPSA) is 118 Å². The fourth-order valence-electron chi connectivity index (χ4n) is 6.32. The Hall–Kier alpha value is -5.40. The van der Waals surface area contributed by atoms with Crippen molar-refractivity contribution in [1.29, 1.82) is 0 Å². The minimum Gasteiger partial charge on any atom is -0.452 e. The number of nitrogens with zero attached hydrogens (tertiary/aromatic N) is 6. The molecule has 1 amide bonds. The Labute approximate surface area is 306 Å². The van der Waals surface area contributed by atoms with E-state index in [1.54, 1.807) is 13.9 Å². The fourth-order valence-corrected chi connectivity index (χ4v) is 7.50. The number of fused-ring (bicyclic) bond motifs is 3. The lowest BCUT2D eigenvalue weighted by Crippen LogP contribution is -2.30. The van der Waals surface area contributed by atoms with Crippen molar-refractivity contribution in [2.45, 2.75) is 38.6 Å². The van der Waals surface area contributed by atoms with Gasteiger partial charge in [0.15, 0.2) is 17.1 Å². The third-order valence-electron chi connectivity index (χ3n) is 8.85. The summed E-state index contributed by atoms with van der Waals surface area (Å²) in [6, 6.07) is 30.8. The highest BCUT2D eigenvalue weighted by atomic mass is 79.9. The van der Waals surface area contributed by atoms with Gasteiger partial charge in [0.2, 0.25) is 0 Å². The summed E-state index contributed by atoms with van der Waals surface area (Å²) in [6.07, 6.45) is -1.06. The number of carbonyl (C=O) groups excluding carboxylic acids is 2. The summed E-state index contributed by atoms with van der Waals surface area (Å²) >= 11 is 4.68. The Bertz CT molecular complexity index is 2500. The molecule has 0 aliphatic heterocycles. The smallest absolute Gasteiger partial charge is 0.317 e. The first-order valence-corrected chi connectivity index (χ1v) is 18.1. The van der Waals surface area contributed by atoms with Gasteiger partial charge in [-0.05, 0) is 63.2 Å². The minimum atomic E-state index is -1.06. The van der Waals surface area contributed by atoms with Crippen molar-refractivity contribution in [2.75, 3.05) is 11.1 Å². The number of hydrogen-bond donors (Lipinski definition) is 1. The lowest BCUT2D eigenvalue weighted by atomic mass is 10.1. The van der Waals surface area contributed by atoms with Gasteiger partial charge in [-0.2, -0.15) is 0 Å². The molecule has 0 bridgehead atoms. The Morgan fingerprint density at radius 2 is 1.63 bits per heavy atom. The van der Waals surface area contributed by atoms with Crippen LogP contribution in [0.25, 0.3) is 44.6 Å². The van der Waals surface area contributed by atoms with Gasteiger partial charge in [0, 0.05) is 51.1 Å². The molecule has 51 heavy (non-hydrogen) atoms. The Morgan fingerprint density at radius 1 is 0.922 bits per heavy atom. The predicted molar refractivity (Wildman–Crippen MR) is 204 cm³/mol. The van der Waals surface area contributed by atoms with E-state index >= 15 is 0 Å². The largest absolute Gasteiger partial charge is 0.452 e. The quantitative estimate of drug-likeness (QED) is 0.115. The molecule has 0 radical (unpaired) electrons. The molecular weight excluding hydrogens is 730 g/mol. The van der Waals surface area contributed by atoms with Gasteiger partial charge in [-0.3, -0.25) is 23.6 Å². The zero-order chi connectivity index (χ0) is 35.8. The maximum absolute atomic E-state index is 14.1. The summed E-state index contributed by atoms with van der Waals surface area (Å²) in [5, 5.41) is 14.2. The molecule has 0 fully saturated rings. The molecule has 1 N–H and O–H groups in total. The second kappa shape index (κ2) is 14.1. The number of halogens is 1. The van der Waals surface area contributed by atoms with Crippen molar-refractivity contribution in [2.24, 2.45) is 7.05 Å². The second-order valence-corrected chi connectivity index (χ2v) is 13.7. The van der Waals surface area contributed by atoms with E-state index in [9.17, 15) is 14.4 Å². The number of rotatable bonds is 10. The number of nitrogens with one attached hydrogen (secondary N) is 1. The molecule has 13 heteroatoms. The maximum atomic E-state index is 14.1. The van der Waals surface area contributed by atoms with Gasteiger partial charge in [-0.15, -0.1) is 10.2 Å². The number of thioether (sulfide) groups is 1. The third kappa shape index (κ3) is 6.27. The summed E-state index contributed by atoms with van der Waals surface area (Å²) in [4.78, 5) is 40.4. The number of amides is 1. The zero-order valence-electron chi connectivity index (χ0n) is 28.3. The van der Waals surface area contributed by atoms with Crippen LogP contribution in [0, 0.1) is 6.92 Å². The molecule has 0 spiro atoms. The van der Waals surface area contributed by atoms with E-state index in [1.807, 2.05) is 98.9 Å². The summed E-state index contributed by atoms with van der Waals surface area (Å²) in [5.74, 6) is -0.816. The molecule has 0 saturated heterocycles. The minimum absolute atomic E-state index is 0.174. The zero-order valence-corrected chi connectivity index (χ0v) is 30.7. The SMILES string of the molecule is CCn1c2ccccc2c2cc(NC(=O)C(C)OC(=O)CSc3nnc(-c4ccccc4Br)n3-c3c(C)n(C)n(-c4ccccc4)c3=O)ccc21. The van der Waals surface area contributed by atoms with Crippen LogP contribution in [0.5, 0.6) is 0 Å². The van der Waals surface area contributed by atoms with Crippen LogP contribution in [0.3, 0.4) is 0 Å². The number of carbonyl (C=O) groups is 2. The predicted octanol–water partition coefficient (Wildman–Crippen LogP) is 7.28. The molecule has 1 unspecified atom stereocenters. The standard InChI is InChI=1S/C38H34BrN7O4S/c1-5-44-31-18-12-10-15-27(31)29-21-25(19-20-32(29)44)40-36(48)24(3)50-33(47)22-51-38-42-41-35(28-16-9-11-17-30(28)39)45(38)34-23(2)43(4)46(37(34)49)26-13-7-6-8-14-26/h6-21,24H,5,22H2,1-4H3,(H,40,48). The Morgan fingerprint density at radius 3 is 2.39 bits per heavy atom. The summed E-state index contributed by atoms with van der Waals surface area (Å²) < 4.78 is 13.6. The van der Waals surface area contributed by atoms with Gasteiger partial charge in [-0.25, -0.2) is 4.68 Å². The molecule has 258 valence electrons. The van der Waals surface area contributed by atoms with Crippen molar-refractivity contribution in [3.05, 3.63) is 118 Å². The average Bonchev–Trinajstić information content (AvgIpc) is 3.76. The van der Waals surface area contributed by atoms with E-state index in [1.165, 1.54) is 6.92 Å². The first kappa shape index (κ1) is 34.1. The first-order valence-electron chi connectivity index (χ1n) is 16.4. The van der Waals surface area contributed by atoms with E-state index in [2.05, 4.69) is 55.1 Å². The van der Waals surface area contributed by atoms with Gasteiger partial charge in [0.25, 0.3) is 11.5 Å². The second-order valence-electron chi connectivity index (χ2n) is 11.9. The van der Waals surface area contributed by atoms with E-state index in [-0.39, 0.29) is 11.3 Å². The number of esters is 1. The van der Waals surface area contributed by atoms with Crippen molar-refractivity contribution in [1.82, 2.24) is 28.7 Å². The maximum Gasteiger partial charge on any atom is 0.317 e. The van der Waals surface area contributed by atoms with Crippen molar-refractivity contribution >= 4 is 67.1 Å². The summed E-state index contributed by atoms with van der Waals surface area (Å²) in [5.41, 5.74) is 4.97. The highest BCUT2D eigenvalue weighted by molar-refractivity contribution is 9.10.